The van der Waals surface area contributed by atoms with Gasteiger partial charge in [0, 0.05) is 60.6 Å². The lowest BCUT2D eigenvalue weighted by Crippen LogP contribution is -2.56. The van der Waals surface area contributed by atoms with Crippen LogP contribution in [0.3, 0.4) is 0 Å². The molecule has 1 aliphatic carbocycles. The van der Waals surface area contributed by atoms with Crippen LogP contribution in [0.4, 0.5) is 0 Å². The predicted octanol–water partition coefficient (Wildman–Crippen LogP) is 4.05. The third-order valence-electron chi connectivity index (χ3n) is 8.32. The summed E-state index contributed by atoms with van der Waals surface area (Å²) in [6.45, 7) is 3.67. The molecule has 0 atom stereocenters. The minimum Gasteiger partial charge on any atom is -0.346 e. The van der Waals surface area contributed by atoms with Crippen molar-refractivity contribution >= 4 is 28.5 Å². The van der Waals surface area contributed by atoms with Gasteiger partial charge in [-0.1, -0.05) is 23.7 Å². The van der Waals surface area contributed by atoms with Crippen LogP contribution in [0, 0.1) is 0 Å². The molecule has 1 amide bonds. The van der Waals surface area contributed by atoms with Gasteiger partial charge in [0.1, 0.15) is 12.0 Å². The SMILES string of the molecule is O=C(N1CCC(N2CC(n3cc(-c4ncnc5[nH]ccc45)cn3)C2)CC1)C1(c2ccc(Cl)cc2)CC1. The van der Waals surface area contributed by atoms with E-state index >= 15 is 0 Å². The Hall–Kier alpha value is -3.23. The van der Waals surface area contributed by atoms with Crippen molar-refractivity contribution in [3.8, 4) is 11.3 Å². The molecule has 3 aliphatic rings. The van der Waals surface area contributed by atoms with E-state index < -0.39 is 0 Å². The van der Waals surface area contributed by atoms with Crippen LogP contribution in [0.25, 0.3) is 22.3 Å². The van der Waals surface area contributed by atoms with Crippen molar-refractivity contribution in [2.45, 2.75) is 43.2 Å². The highest BCUT2D eigenvalue weighted by molar-refractivity contribution is 6.30. The first-order valence-corrected chi connectivity index (χ1v) is 13.1. The molecule has 3 aromatic heterocycles. The number of amides is 1. The summed E-state index contributed by atoms with van der Waals surface area (Å²) in [4.78, 5) is 30.0. The number of piperidine rings is 1. The van der Waals surface area contributed by atoms with E-state index in [0.29, 0.717) is 23.0 Å². The summed E-state index contributed by atoms with van der Waals surface area (Å²) in [7, 11) is 0. The zero-order valence-corrected chi connectivity index (χ0v) is 20.7. The molecule has 36 heavy (non-hydrogen) atoms. The Morgan fingerprint density at radius 2 is 1.81 bits per heavy atom. The fraction of sp³-hybridized carbons (Fsp3) is 0.407. The van der Waals surface area contributed by atoms with Crippen molar-refractivity contribution < 1.29 is 4.79 Å². The normalized spacial score (nSPS) is 20.5. The molecule has 7 rings (SSSR count). The van der Waals surface area contributed by atoms with E-state index in [1.54, 1.807) is 6.33 Å². The van der Waals surface area contributed by atoms with Gasteiger partial charge in [-0.25, -0.2) is 9.97 Å². The Labute approximate surface area is 214 Å². The fourth-order valence-electron chi connectivity index (χ4n) is 5.97. The van der Waals surface area contributed by atoms with Gasteiger partial charge >= 0.3 is 0 Å². The number of likely N-dealkylation sites (tertiary alicyclic amines) is 2. The zero-order chi connectivity index (χ0) is 24.3. The average Bonchev–Trinajstić information content (AvgIpc) is 3.30. The van der Waals surface area contributed by atoms with Gasteiger partial charge in [0.25, 0.3) is 0 Å². The van der Waals surface area contributed by atoms with Crippen molar-refractivity contribution in [1.29, 1.82) is 0 Å². The average molecular weight is 502 g/mol. The molecule has 3 fully saturated rings. The molecule has 9 heteroatoms. The number of fused-ring (bicyclic) bond motifs is 1. The first-order valence-electron chi connectivity index (χ1n) is 12.7. The van der Waals surface area contributed by atoms with Gasteiger partial charge < -0.3 is 9.88 Å². The van der Waals surface area contributed by atoms with Crippen LogP contribution in [0.5, 0.6) is 0 Å². The van der Waals surface area contributed by atoms with E-state index in [1.807, 2.05) is 42.7 Å². The van der Waals surface area contributed by atoms with E-state index in [9.17, 15) is 4.79 Å². The highest BCUT2D eigenvalue weighted by Crippen LogP contribution is 2.50. The van der Waals surface area contributed by atoms with Crippen LogP contribution in [-0.4, -0.2) is 72.7 Å². The van der Waals surface area contributed by atoms with Crippen molar-refractivity contribution in [3.63, 3.8) is 0 Å². The lowest BCUT2D eigenvalue weighted by Gasteiger charge is -2.47. The van der Waals surface area contributed by atoms with Crippen LogP contribution in [0.2, 0.25) is 5.02 Å². The molecule has 1 saturated carbocycles. The van der Waals surface area contributed by atoms with Crippen LogP contribution >= 0.6 is 11.6 Å². The second-order valence-electron chi connectivity index (χ2n) is 10.4. The fourth-order valence-corrected chi connectivity index (χ4v) is 6.10. The summed E-state index contributed by atoms with van der Waals surface area (Å²) in [5.74, 6) is 0.301. The third-order valence-corrected chi connectivity index (χ3v) is 8.57. The summed E-state index contributed by atoms with van der Waals surface area (Å²) in [6.07, 6.45) is 11.4. The number of aromatic nitrogens is 5. The van der Waals surface area contributed by atoms with Crippen molar-refractivity contribution in [2.24, 2.45) is 0 Å². The van der Waals surface area contributed by atoms with E-state index in [-0.39, 0.29) is 5.41 Å². The predicted molar refractivity (Wildman–Crippen MR) is 138 cm³/mol. The minimum atomic E-state index is -0.313. The molecule has 8 nitrogen and oxygen atoms in total. The monoisotopic (exact) mass is 501 g/mol. The summed E-state index contributed by atoms with van der Waals surface area (Å²) < 4.78 is 2.08. The van der Waals surface area contributed by atoms with Gasteiger partial charge in [-0.15, -0.1) is 0 Å². The Morgan fingerprint density at radius 1 is 1.03 bits per heavy atom. The number of carbonyl (C=O) groups is 1. The van der Waals surface area contributed by atoms with Gasteiger partial charge in [-0.2, -0.15) is 5.10 Å². The molecule has 0 spiro atoms. The maximum Gasteiger partial charge on any atom is 0.233 e. The van der Waals surface area contributed by atoms with Crippen molar-refractivity contribution in [2.75, 3.05) is 26.2 Å². The minimum absolute atomic E-state index is 0.301. The number of hydrogen-bond donors (Lipinski definition) is 1. The first-order chi connectivity index (χ1) is 17.6. The lowest BCUT2D eigenvalue weighted by atomic mass is 9.92. The van der Waals surface area contributed by atoms with E-state index in [2.05, 4.69) is 40.7 Å². The maximum absolute atomic E-state index is 13.4. The van der Waals surface area contributed by atoms with Gasteiger partial charge in [-0.3, -0.25) is 14.4 Å². The second-order valence-corrected chi connectivity index (χ2v) is 10.8. The molecule has 0 radical (unpaired) electrons. The largest absolute Gasteiger partial charge is 0.346 e. The summed E-state index contributed by atoms with van der Waals surface area (Å²) in [5.41, 5.74) is 3.57. The van der Waals surface area contributed by atoms with Crippen LogP contribution < -0.4 is 0 Å². The standard InChI is InChI=1S/C27H28ClN7O/c28-20-3-1-19(2-4-20)27(8-9-27)26(36)33-11-6-21(7-12-33)34-15-22(16-34)35-14-18(13-32-35)24-23-5-10-29-25(23)31-17-30-24/h1-5,10,13-14,17,21-22H,6-9,11-12,15-16H2,(H,29,30,31). The summed E-state index contributed by atoms with van der Waals surface area (Å²) >= 11 is 6.06. The maximum atomic E-state index is 13.4. The highest BCUT2D eigenvalue weighted by Gasteiger charge is 2.53. The molecule has 4 aromatic rings. The van der Waals surface area contributed by atoms with Crippen molar-refractivity contribution in [3.05, 3.63) is 65.8 Å². The number of nitrogens with one attached hydrogen (secondary N) is 1. The lowest BCUT2D eigenvalue weighted by molar-refractivity contribution is -0.136. The third kappa shape index (κ3) is 3.62. The molecule has 0 bridgehead atoms. The van der Waals surface area contributed by atoms with Gasteiger partial charge in [0.2, 0.25) is 5.91 Å². The summed E-state index contributed by atoms with van der Waals surface area (Å²) in [6, 6.07) is 10.7. The number of hydrogen-bond acceptors (Lipinski definition) is 5. The first kappa shape index (κ1) is 22.0. The molecule has 2 saturated heterocycles. The molecule has 2 aliphatic heterocycles. The van der Waals surface area contributed by atoms with Crippen LogP contribution in [0.15, 0.2) is 55.2 Å². The number of H-pyrrole nitrogens is 1. The van der Waals surface area contributed by atoms with Gasteiger partial charge in [-0.05, 0) is 49.4 Å². The Kier molecular flexibility index (Phi) is 5.15. The number of aromatic amines is 1. The van der Waals surface area contributed by atoms with E-state index in [0.717, 1.165) is 79.7 Å². The van der Waals surface area contributed by atoms with Crippen LogP contribution in [0.1, 0.15) is 37.3 Å². The Balaban J connectivity index is 0.951. The van der Waals surface area contributed by atoms with Crippen LogP contribution in [-0.2, 0) is 10.2 Å². The molecule has 0 unspecified atom stereocenters. The Bertz CT molecular complexity index is 1410. The topological polar surface area (TPSA) is 82.9 Å². The number of rotatable bonds is 5. The molecule has 1 N–H and O–H groups in total. The Morgan fingerprint density at radius 3 is 2.56 bits per heavy atom. The van der Waals surface area contributed by atoms with E-state index in [4.69, 9.17) is 11.6 Å². The quantitative estimate of drug-likeness (QED) is 0.446. The number of halogens is 1. The summed E-state index contributed by atoms with van der Waals surface area (Å²) in [5, 5.41) is 6.38. The molecule has 1 aromatic carbocycles. The smallest absolute Gasteiger partial charge is 0.233 e. The molecule has 184 valence electrons. The van der Waals surface area contributed by atoms with Crippen molar-refractivity contribution in [1.82, 2.24) is 34.5 Å². The van der Waals surface area contributed by atoms with Gasteiger partial charge in [0.15, 0.2) is 0 Å². The highest BCUT2D eigenvalue weighted by atomic mass is 35.5. The molecular weight excluding hydrogens is 474 g/mol. The number of benzene rings is 1. The van der Waals surface area contributed by atoms with E-state index in [1.165, 1.54) is 0 Å². The zero-order valence-electron chi connectivity index (χ0n) is 20.0. The second kappa shape index (κ2) is 8.42. The van der Waals surface area contributed by atoms with Gasteiger partial charge in [0.05, 0.1) is 23.3 Å². The molecular formula is C27H28ClN7O. The molecule has 5 heterocycles. The number of carbonyl (C=O) groups excluding carboxylic acids is 1. The number of nitrogens with zero attached hydrogens (tertiary/aromatic N) is 6.